The van der Waals surface area contributed by atoms with Crippen LogP contribution in [0.4, 0.5) is 0 Å². The molecule has 0 aliphatic carbocycles. The molecule has 0 spiro atoms. The molecule has 28 heavy (non-hydrogen) atoms. The minimum absolute atomic E-state index is 0.0984. The fraction of sp³-hybridized carbons (Fsp3) is 0.150. The fourth-order valence-corrected chi connectivity index (χ4v) is 3.48. The van der Waals surface area contributed by atoms with E-state index in [4.69, 9.17) is 23.8 Å². The second-order valence-corrected chi connectivity index (χ2v) is 7.23. The molecule has 0 fully saturated rings. The van der Waals surface area contributed by atoms with Crippen LogP contribution in [0.3, 0.4) is 0 Å². The molecule has 0 bridgehead atoms. The van der Waals surface area contributed by atoms with E-state index in [1.165, 1.54) is 10.9 Å². The van der Waals surface area contributed by atoms with Crippen LogP contribution in [0.2, 0.25) is 5.02 Å². The van der Waals surface area contributed by atoms with Crippen LogP contribution in [-0.2, 0) is 17.8 Å². The van der Waals surface area contributed by atoms with E-state index in [2.05, 4.69) is 26.6 Å². The Morgan fingerprint density at radius 2 is 1.96 bits per heavy atom. The van der Waals surface area contributed by atoms with Crippen molar-refractivity contribution in [3.05, 3.63) is 70.1 Å². The summed E-state index contributed by atoms with van der Waals surface area (Å²) in [6.07, 6.45) is 2.73. The van der Waals surface area contributed by atoms with Crippen molar-refractivity contribution in [1.29, 1.82) is 0 Å². The smallest absolute Gasteiger partial charge is 0.240 e. The summed E-state index contributed by atoms with van der Waals surface area (Å²) in [5, 5.41) is 11.8. The maximum atomic E-state index is 12.4. The van der Waals surface area contributed by atoms with Gasteiger partial charge in [0, 0.05) is 34.2 Å². The topological polar surface area (TPSA) is 78.5 Å². The third-order valence-electron chi connectivity index (χ3n) is 4.55. The van der Waals surface area contributed by atoms with Crippen molar-refractivity contribution in [3.63, 3.8) is 0 Å². The van der Waals surface area contributed by atoms with Crippen LogP contribution in [0, 0.1) is 4.77 Å². The van der Waals surface area contributed by atoms with Crippen molar-refractivity contribution in [3.8, 4) is 11.4 Å². The number of carbonyl (C=O) groups excluding carboxylic acids is 1. The highest BCUT2D eigenvalue weighted by molar-refractivity contribution is 7.71. The molecule has 0 aliphatic rings. The fourth-order valence-electron chi connectivity index (χ4n) is 3.16. The third kappa shape index (κ3) is 3.85. The number of halogens is 1. The van der Waals surface area contributed by atoms with Gasteiger partial charge in [0.1, 0.15) is 6.54 Å². The van der Waals surface area contributed by atoms with E-state index >= 15 is 0 Å². The van der Waals surface area contributed by atoms with Crippen molar-refractivity contribution in [1.82, 2.24) is 25.1 Å². The van der Waals surface area contributed by atoms with Gasteiger partial charge >= 0.3 is 0 Å². The van der Waals surface area contributed by atoms with E-state index in [1.807, 2.05) is 36.5 Å². The number of amides is 1. The lowest BCUT2D eigenvalue weighted by Crippen LogP contribution is -2.29. The summed E-state index contributed by atoms with van der Waals surface area (Å²) in [5.74, 6) is 0.487. The molecule has 0 atom stereocenters. The molecule has 2 aromatic carbocycles. The molecule has 0 radical (unpaired) electrons. The largest absolute Gasteiger partial charge is 0.361 e. The zero-order chi connectivity index (χ0) is 19.5. The van der Waals surface area contributed by atoms with Gasteiger partial charge in [-0.25, -0.2) is 0 Å². The molecule has 1 amide bonds. The van der Waals surface area contributed by atoms with E-state index < -0.39 is 0 Å². The second-order valence-electron chi connectivity index (χ2n) is 6.40. The Kier molecular flexibility index (Phi) is 5.27. The van der Waals surface area contributed by atoms with Gasteiger partial charge in [0.2, 0.25) is 5.91 Å². The highest BCUT2D eigenvalue weighted by Crippen LogP contribution is 2.20. The molecule has 0 saturated heterocycles. The maximum absolute atomic E-state index is 12.4. The minimum Gasteiger partial charge on any atom is -0.361 e. The molecule has 8 heteroatoms. The number of nitrogens with one attached hydrogen (secondary N) is 3. The molecule has 2 heterocycles. The molecular weight excluding hydrogens is 394 g/mol. The van der Waals surface area contributed by atoms with Crippen LogP contribution < -0.4 is 5.32 Å². The molecule has 0 saturated carbocycles. The predicted octanol–water partition coefficient (Wildman–Crippen LogP) is 4.10. The van der Waals surface area contributed by atoms with E-state index in [9.17, 15) is 4.79 Å². The highest BCUT2D eigenvalue weighted by atomic mass is 35.5. The average Bonchev–Trinajstić information content (AvgIpc) is 3.27. The summed E-state index contributed by atoms with van der Waals surface area (Å²) < 4.78 is 2.08. The SMILES string of the molecule is O=C(Cn1c(-c2ccc(Cl)cc2)n[nH]c1=S)NCCc1c[nH]c2ccccc12. The van der Waals surface area contributed by atoms with Gasteiger partial charge in [-0.15, -0.1) is 0 Å². The normalized spacial score (nSPS) is 11.0. The number of carbonyl (C=O) groups is 1. The first-order valence-electron chi connectivity index (χ1n) is 8.84. The van der Waals surface area contributed by atoms with Gasteiger partial charge in [0.15, 0.2) is 10.6 Å². The Hall–Kier alpha value is -2.90. The number of hydrogen-bond acceptors (Lipinski definition) is 3. The summed E-state index contributed by atoms with van der Waals surface area (Å²) in [5.41, 5.74) is 3.11. The van der Waals surface area contributed by atoms with Crippen molar-refractivity contribution in [2.24, 2.45) is 0 Å². The van der Waals surface area contributed by atoms with Gasteiger partial charge in [-0.05, 0) is 54.5 Å². The molecule has 0 unspecified atom stereocenters. The number of aromatic amines is 2. The number of H-pyrrole nitrogens is 2. The van der Waals surface area contributed by atoms with Crippen LogP contribution >= 0.6 is 23.8 Å². The quantitative estimate of drug-likeness (QED) is 0.418. The summed E-state index contributed by atoms with van der Waals surface area (Å²) in [7, 11) is 0. The van der Waals surface area contributed by atoms with Crippen molar-refractivity contribution in [2.45, 2.75) is 13.0 Å². The second kappa shape index (κ2) is 8.00. The lowest BCUT2D eigenvalue weighted by Gasteiger charge is -2.08. The van der Waals surface area contributed by atoms with Gasteiger partial charge in [-0.2, -0.15) is 5.10 Å². The molecule has 4 aromatic rings. The van der Waals surface area contributed by atoms with Gasteiger partial charge in [-0.3, -0.25) is 14.5 Å². The summed E-state index contributed by atoms with van der Waals surface area (Å²) in [4.78, 5) is 15.7. The van der Waals surface area contributed by atoms with E-state index in [0.29, 0.717) is 22.2 Å². The van der Waals surface area contributed by atoms with Crippen molar-refractivity contribution < 1.29 is 4.79 Å². The Bertz CT molecular complexity index is 1180. The highest BCUT2D eigenvalue weighted by Gasteiger charge is 2.12. The monoisotopic (exact) mass is 411 g/mol. The Labute approximate surface area is 171 Å². The first-order valence-corrected chi connectivity index (χ1v) is 9.63. The molecule has 2 aromatic heterocycles. The predicted molar refractivity (Wildman–Crippen MR) is 113 cm³/mol. The van der Waals surface area contributed by atoms with Crippen molar-refractivity contribution in [2.75, 3.05) is 6.54 Å². The lowest BCUT2D eigenvalue weighted by atomic mass is 10.1. The van der Waals surface area contributed by atoms with E-state index in [-0.39, 0.29) is 12.5 Å². The molecule has 0 aliphatic heterocycles. The molecule has 4 rings (SSSR count). The molecule has 6 nitrogen and oxygen atoms in total. The number of hydrogen-bond donors (Lipinski definition) is 3. The third-order valence-corrected chi connectivity index (χ3v) is 5.12. The van der Waals surface area contributed by atoms with Crippen LogP contribution in [0.1, 0.15) is 5.56 Å². The van der Waals surface area contributed by atoms with Crippen molar-refractivity contribution >= 4 is 40.6 Å². The number of rotatable bonds is 6. The number of nitrogens with zero attached hydrogens (tertiary/aromatic N) is 2. The Morgan fingerprint density at radius 3 is 2.79 bits per heavy atom. The van der Waals surface area contributed by atoms with Crippen LogP contribution in [0.15, 0.2) is 54.7 Å². The number of fused-ring (bicyclic) bond motifs is 1. The summed E-state index contributed by atoms with van der Waals surface area (Å²) in [6, 6.07) is 15.4. The standard InChI is InChI=1S/C20H18ClN5OS/c21-15-7-5-13(6-8-15)19-24-25-20(28)26(19)12-18(27)22-10-9-14-11-23-17-4-2-1-3-16(14)17/h1-8,11,23H,9-10,12H2,(H,22,27)(H,25,28). The van der Waals surface area contributed by atoms with Crippen LogP contribution in [0.5, 0.6) is 0 Å². The Morgan fingerprint density at radius 1 is 1.18 bits per heavy atom. The molecular formula is C20H18ClN5OS. The van der Waals surface area contributed by atoms with Gasteiger partial charge in [-0.1, -0.05) is 29.8 Å². The molecule has 3 N–H and O–H groups in total. The van der Waals surface area contributed by atoms with E-state index in [1.54, 1.807) is 16.7 Å². The van der Waals surface area contributed by atoms with E-state index in [0.717, 1.165) is 17.5 Å². The first kappa shape index (κ1) is 18.5. The lowest BCUT2D eigenvalue weighted by molar-refractivity contribution is -0.121. The Balaban J connectivity index is 1.41. The van der Waals surface area contributed by atoms with Gasteiger partial charge < -0.3 is 10.3 Å². The molecule has 142 valence electrons. The van der Waals surface area contributed by atoms with Gasteiger partial charge in [0.05, 0.1) is 0 Å². The minimum atomic E-state index is -0.118. The number of para-hydroxylation sites is 1. The number of benzene rings is 2. The zero-order valence-corrected chi connectivity index (χ0v) is 16.5. The average molecular weight is 412 g/mol. The summed E-state index contributed by atoms with van der Waals surface area (Å²) >= 11 is 11.2. The summed E-state index contributed by atoms with van der Waals surface area (Å²) in [6.45, 7) is 0.642. The number of aromatic nitrogens is 4. The van der Waals surface area contributed by atoms with Crippen LogP contribution in [-0.4, -0.2) is 32.2 Å². The van der Waals surface area contributed by atoms with Crippen LogP contribution in [0.25, 0.3) is 22.3 Å². The van der Waals surface area contributed by atoms with Gasteiger partial charge in [0.25, 0.3) is 0 Å². The maximum Gasteiger partial charge on any atom is 0.240 e. The first-order chi connectivity index (χ1) is 13.6. The zero-order valence-electron chi connectivity index (χ0n) is 14.9.